The lowest BCUT2D eigenvalue weighted by molar-refractivity contribution is -0.139. The molecule has 2 aromatic rings. The highest BCUT2D eigenvalue weighted by Gasteiger charge is 2.36. The Kier molecular flexibility index (Phi) is 5.90. The smallest absolute Gasteiger partial charge is 0.341 e. The van der Waals surface area contributed by atoms with Crippen molar-refractivity contribution in [3.05, 3.63) is 53.6 Å². The van der Waals surface area contributed by atoms with Gasteiger partial charge in [0.05, 0.1) is 11.5 Å². The molecule has 3 N–H and O–H groups in total. The molecule has 0 saturated carbocycles. The standard InChI is InChI=1S/C20H23NO6S/c1-2-13-3-6-15(7-4-13)28(24,25)20(21)17-9-10-26-18-11-14(5-8-16(17)18)27-12-19(22)23/h3-8,11,17,20H,2,9-10,12,21H2,1H3,(H,22,23). The minimum atomic E-state index is -3.72. The van der Waals surface area contributed by atoms with Crippen molar-refractivity contribution >= 4 is 15.8 Å². The molecule has 1 heterocycles. The lowest BCUT2D eigenvalue weighted by Crippen LogP contribution is -2.39. The Balaban J connectivity index is 1.86. The second-order valence-corrected chi connectivity index (χ2v) is 8.74. The second kappa shape index (κ2) is 8.20. The quantitative estimate of drug-likeness (QED) is 0.726. The Labute approximate surface area is 164 Å². The SMILES string of the molecule is CCc1ccc(S(=O)(=O)C(N)C2CCOc3cc(OCC(=O)O)ccc32)cc1. The molecule has 7 nitrogen and oxygen atoms in total. The van der Waals surface area contributed by atoms with Crippen LogP contribution in [0.1, 0.15) is 30.4 Å². The third-order valence-corrected chi connectivity index (χ3v) is 6.82. The van der Waals surface area contributed by atoms with E-state index in [1.54, 1.807) is 42.5 Å². The summed E-state index contributed by atoms with van der Waals surface area (Å²) in [4.78, 5) is 10.8. The van der Waals surface area contributed by atoms with Gasteiger partial charge in [0.15, 0.2) is 16.4 Å². The maximum atomic E-state index is 13.0. The lowest BCUT2D eigenvalue weighted by Gasteiger charge is -2.30. The first-order chi connectivity index (χ1) is 13.3. The van der Waals surface area contributed by atoms with Crippen LogP contribution in [0.2, 0.25) is 0 Å². The molecule has 8 heteroatoms. The minimum Gasteiger partial charge on any atom is -0.493 e. The summed E-state index contributed by atoms with van der Waals surface area (Å²) in [5.41, 5.74) is 7.96. The van der Waals surface area contributed by atoms with Crippen LogP contribution in [0.5, 0.6) is 11.5 Å². The van der Waals surface area contributed by atoms with Crippen LogP contribution >= 0.6 is 0 Å². The monoisotopic (exact) mass is 405 g/mol. The van der Waals surface area contributed by atoms with Crippen molar-refractivity contribution in [1.82, 2.24) is 0 Å². The molecule has 1 aliphatic rings. The Morgan fingerprint density at radius 1 is 1.29 bits per heavy atom. The minimum absolute atomic E-state index is 0.201. The summed E-state index contributed by atoms with van der Waals surface area (Å²) in [5, 5.41) is 7.60. The number of aryl methyl sites for hydroxylation is 1. The fourth-order valence-corrected chi connectivity index (χ4v) is 4.81. The summed E-state index contributed by atoms with van der Waals surface area (Å²) < 4.78 is 36.8. The fraction of sp³-hybridized carbons (Fsp3) is 0.350. The average Bonchev–Trinajstić information content (AvgIpc) is 2.71. The molecule has 150 valence electrons. The molecule has 0 bridgehead atoms. The van der Waals surface area contributed by atoms with Gasteiger partial charge in [-0.15, -0.1) is 0 Å². The third kappa shape index (κ3) is 4.13. The molecule has 0 fully saturated rings. The van der Waals surface area contributed by atoms with E-state index < -0.39 is 33.7 Å². The van der Waals surface area contributed by atoms with Crippen LogP contribution in [0.15, 0.2) is 47.4 Å². The van der Waals surface area contributed by atoms with Crippen molar-refractivity contribution in [2.24, 2.45) is 5.73 Å². The molecule has 3 rings (SSSR count). The van der Waals surface area contributed by atoms with E-state index in [2.05, 4.69) is 0 Å². The number of carboxylic acid groups (broad SMARTS) is 1. The molecule has 0 spiro atoms. The van der Waals surface area contributed by atoms with Gasteiger partial charge in [0.2, 0.25) is 0 Å². The van der Waals surface area contributed by atoms with Crippen LogP contribution in [0, 0.1) is 0 Å². The van der Waals surface area contributed by atoms with Crippen molar-refractivity contribution in [1.29, 1.82) is 0 Å². The molecule has 0 amide bonds. The zero-order chi connectivity index (χ0) is 20.3. The number of hydrogen-bond acceptors (Lipinski definition) is 6. The molecular weight excluding hydrogens is 382 g/mol. The molecule has 0 aliphatic carbocycles. The number of benzene rings is 2. The summed E-state index contributed by atoms with van der Waals surface area (Å²) >= 11 is 0. The Bertz CT molecular complexity index is 955. The largest absolute Gasteiger partial charge is 0.493 e. The van der Waals surface area contributed by atoms with Gasteiger partial charge < -0.3 is 20.3 Å². The van der Waals surface area contributed by atoms with Crippen LogP contribution < -0.4 is 15.2 Å². The highest BCUT2D eigenvalue weighted by molar-refractivity contribution is 7.92. The second-order valence-electron chi connectivity index (χ2n) is 6.63. The van der Waals surface area contributed by atoms with Crippen LogP contribution in [0.4, 0.5) is 0 Å². The van der Waals surface area contributed by atoms with Crippen molar-refractivity contribution in [2.45, 2.75) is 36.0 Å². The Morgan fingerprint density at radius 2 is 2.00 bits per heavy atom. The van der Waals surface area contributed by atoms with Gasteiger partial charge in [-0.3, -0.25) is 0 Å². The molecule has 28 heavy (non-hydrogen) atoms. The number of sulfone groups is 1. The maximum absolute atomic E-state index is 13.0. The number of carbonyl (C=O) groups is 1. The maximum Gasteiger partial charge on any atom is 0.341 e. The van der Waals surface area contributed by atoms with E-state index in [1.807, 2.05) is 6.92 Å². The van der Waals surface area contributed by atoms with Crippen LogP contribution in [-0.4, -0.2) is 38.1 Å². The molecule has 2 atom stereocenters. The highest BCUT2D eigenvalue weighted by atomic mass is 32.2. The van der Waals surface area contributed by atoms with Gasteiger partial charge in [-0.1, -0.05) is 25.1 Å². The zero-order valence-corrected chi connectivity index (χ0v) is 16.3. The highest BCUT2D eigenvalue weighted by Crippen LogP contribution is 2.39. The van der Waals surface area contributed by atoms with Crippen molar-refractivity contribution in [2.75, 3.05) is 13.2 Å². The van der Waals surface area contributed by atoms with Gasteiger partial charge in [-0.25, -0.2) is 13.2 Å². The number of nitrogens with two attached hydrogens (primary N) is 1. The van der Waals surface area contributed by atoms with E-state index >= 15 is 0 Å². The van der Waals surface area contributed by atoms with Gasteiger partial charge in [-0.05, 0) is 36.6 Å². The molecule has 2 unspecified atom stereocenters. The first-order valence-corrected chi connectivity index (χ1v) is 10.6. The molecular formula is C20H23NO6S. The summed E-state index contributed by atoms with van der Waals surface area (Å²) in [5.74, 6) is -0.716. The van der Waals surface area contributed by atoms with E-state index in [-0.39, 0.29) is 4.90 Å². The van der Waals surface area contributed by atoms with E-state index in [0.29, 0.717) is 30.1 Å². The van der Waals surface area contributed by atoms with Crippen LogP contribution in [-0.2, 0) is 21.1 Å². The summed E-state index contributed by atoms with van der Waals surface area (Å²) in [7, 11) is -3.72. The lowest BCUT2D eigenvalue weighted by atomic mass is 9.93. The third-order valence-electron chi connectivity index (χ3n) is 4.85. The van der Waals surface area contributed by atoms with Gasteiger partial charge in [0.25, 0.3) is 0 Å². The number of ether oxygens (including phenoxy) is 2. The summed E-state index contributed by atoms with van der Waals surface area (Å²) in [6.45, 7) is 1.85. The van der Waals surface area contributed by atoms with Crippen LogP contribution in [0.25, 0.3) is 0 Å². The number of rotatable bonds is 7. The van der Waals surface area contributed by atoms with Gasteiger partial charge in [0, 0.05) is 17.5 Å². The first kappa shape index (κ1) is 20.2. The van der Waals surface area contributed by atoms with Gasteiger partial charge >= 0.3 is 5.97 Å². The number of carboxylic acids is 1. The molecule has 0 radical (unpaired) electrons. The molecule has 0 saturated heterocycles. The van der Waals surface area contributed by atoms with E-state index in [0.717, 1.165) is 12.0 Å². The topological polar surface area (TPSA) is 116 Å². The van der Waals surface area contributed by atoms with E-state index in [4.69, 9.17) is 20.3 Å². The average molecular weight is 405 g/mol. The Hall–Kier alpha value is -2.58. The van der Waals surface area contributed by atoms with Crippen molar-refractivity contribution in [3.8, 4) is 11.5 Å². The van der Waals surface area contributed by atoms with Crippen molar-refractivity contribution < 1.29 is 27.8 Å². The predicted octanol–water partition coefficient (Wildman–Crippen LogP) is 2.34. The van der Waals surface area contributed by atoms with Gasteiger partial charge in [-0.2, -0.15) is 0 Å². The van der Waals surface area contributed by atoms with Crippen molar-refractivity contribution in [3.63, 3.8) is 0 Å². The summed E-state index contributed by atoms with van der Waals surface area (Å²) in [6.07, 6.45) is 1.29. The fourth-order valence-electron chi connectivity index (χ4n) is 3.26. The molecule has 2 aromatic carbocycles. The van der Waals surface area contributed by atoms with E-state index in [9.17, 15) is 13.2 Å². The predicted molar refractivity (Wildman–Crippen MR) is 103 cm³/mol. The summed E-state index contributed by atoms with van der Waals surface area (Å²) in [6, 6.07) is 11.6. The number of aliphatic carboxylic acids is 1. The molecule has 0 aromatic heterocycles. The first-order valence-electron chi connectivity index (χ1n) is 9.02. The van der Waals surface area contributed by atoms with E-state index in [1.165, 1.54) is 0 Å². The van der Waals surface area contributed by atoms with Gasteiger partial charge in [0.1, 0.15) is 16.9 Å². The normalized spacial score (nSPS) is 17.3. The number of fused-ring (bicyclic) bond motifs is 1. The Morgan fingerprint density at radius 3 is 2.64 bits per heavy atom. The molecule has 1 aliphatic heterocycles. The number of hydrogen-bond donors (Lipinski definition) is 2. The van der Waals surface area contributed by atoms with Crippen LogP contribution in [0.3, 0.4) is 0 Å². The zero-order valence-electron chi connectivity index (χ0n) is 15.5.